The topological polar surface area (TPSA) is 59.0 Å². The monoisotopic (exact) mass is 344 g/mol. The zero-order valence-corrected chi connectivity index (χ0v) is 14.9. The van der Waals surface area contributed by atoms with E-state index in [1.54, 1.807) is 23.0 Å². The summed E-state index contributed by atoms with van der Waals surface area (Å²) in [6, 6.07) is 6.31. The van der Waals surface area contributed by atoms with Gasteiger partial charge < -0.3 is 10.6 Å². The van der Waals surface area contributed by atoms with Crippen LogP contribution in [0.3, 0.4) is 0 Å². The molecule has 0 radical (unpaired) electrons. The normalized spacial score (nSPS) is 20.7. The fraction of sp³-hybridized carbons (Fsp3) is 0.474. The summed E-state index contributed by atoms with van der Waals surface area (Å²) in [4.78, 5) is 12.8. The van der Waals surface area contributed by atoms with Gasteiger partial charge in [0.2, 0.25) is 0 Å². The van der Waals surface area contributed by atoms with Crippen LogP contribution in [0.1, 0.15) is 49.2 Å². The summed E-state index contributed by atoms with van der Waals surface area (Å²) in [5.41, 5.74) is 2.18. The van der Waals surface area contributed by atoms with Crippen LogP contribution >= 0.6 is 0 Å². The number of carbonyl (C=O) groups is 1. The van der Waals surface area contributed by atoms with Crippen LogP contribution in [0, 0.1) is 11.7 Å². The van der Waals surface area contributed by atoms with Gasteiger partial charge in [-0.15, -0.1) is 0 Å². The Balaban J connectivity index is 1.88. The van der Waals surface area contributed by atoms with Gasteiger partial charge in [-0.1, -0.05) is 20.8 Å². The molecule has 1 saturated heterocycles. The molecule has 134 valence electrons. The molecule has 25 heavy (non-hydrogen) atoms. The van der Waals surface area contributed by atoms with E-state index in [2.05, 4.69) is 22.7 Å². The van der Waals surface area contributed by atoms with E-state index in [0.717, 1.165) is 30.9 Å². The largest absolute Gasteiger partial charge is 0.349 e. The smallest absolute Gasteiger partial charge is 0.255 e. The van der Waals surface area contributed by atoms with E-state index in [1.807, 2.05) is 13.8 Å². The van der Waals surface area contributed by atoms with E-state index in [0.29, 0.717) is 11.5 Å². The van der Waals surface area contributed by atoms with Gasteiger partial charge in [0.25, 0.3) is 5.91 Å². The third-order valence-corrected chi connectivity index (χ3v) is 4.77. The predicted octanol–water partition coefficient (Wildman–Crippen LogP) is 2.86. The van der Waals surface area contributed by atoms with Crippen molar-refractivity contribution in [3.63, 3.8) is 0 Å². The number of aromatic nitrogens is 2. The Hall–Kier alpha value is -2.21. The molecule has 1 amide bonds. The third-order valence-electron chi connectivity index (χ3n) is 4.77. The van der Waals surface area contributed by atoms with Crippen LogP contribution in [0.4, 0.5) is 4.39 Å². The Labute approximate surface area is 147 Å². The fourth-order valence-corrected chi connectivity index (χ4v) is 3.35. The number of halogens is 1. The van der Waals surface area contributed by atoms with Crippen molar-refractivity contribution in [1.82, 2.24) is 20.4 Å². The lowest BCUT2D eigenvalue weighted by atomic mass is 9.94. The average molecular weight is 344 g/mol. The maximum atomic E-state index is 13.2. The molecule has 0 bridgehead atoms. The number of hydrogen-bond acceptors (Lipinski definition) is 3. The Kier molecular flexibility index (Phi) is 5.18. The maximum Gasteiger partial charge on any atom is 0.255 e. The molecule has 2 atom stereocenters. The van der Waals surface area contributed by atoms with Crippen LogP contribution in [-0.2, 0) is 0 Å². The molecule has 5 nitrogen and oxygen atoms in total. The lowest BCUT2D eigenvalue weighted by Gasteiger charge is -2.30. The highest BCUT2D eigenvalue weighted by Crippen LogP contribution is 2.24. The minimum Gasteiger partial charge on any atom is -0.349 e. The van der Waals surface area contributed by atoms with Crippen molar-refractivity contribution >= 4 is 5.91 Å². The van der Waals surface area contributed by atoms with E-state index >= 15 is 0 Å². The summed E-state index contributed by atoms with van der Waals surface area (Å²) in [7, 11) is 0. The van der Waals surface area contributed by atoms with Crippen LogP contribution in [0.25, 0.3) is 5.69 Å². The Morgan fingerprint density at radius 1 is 1.36 bits per heavy atom. The van der Waals surface area contributed by atoms with Gasteiger partial charge in [0.15, 0.2) is 0 Å². The van der Waals surface area contributed by atoms with Crippen molar-refractivity contribution in [3.05, 3.63) is 47.5 Å². The summed E-state index contributed by atoms with van der Waals surface area (Å²) in [5.74, 6) is 0.127. The summed E-state index contributed by atoms with van der Waals surface area (Å²) >= 11 is 0. The van der Waals surface area contributed by atoms with Gasteiger partial charge in [-0.05, 0) is 55.6 Å². The molecular weight excluding hydrogens is 319 g/mol. The first-order valence-corrected chi connectivity index (χ1v) is 8.82. The average Bonchev–Trinajstić information content (AvgIpc) is 3.03. The highest BCUT2D eigenvalue weighted by atomic mass is 19.1. The van der Waals surface area contributed by atoms with Gasteiger partial charge in [0.05, 0.1) is 23.1 Å². The number of piperidine rings is 1. The fourth-order valence-electron chi connectivity index (χ4n) is 3.35. The number of amides is 1. The molecule has 2 aromatic rings. The molecule has 6 heteroatoms. The Morgan fingerprint density at radius 3 is 2.72 bits per heavy atom. The van der Waals surface area contributed by atoms with E-state index in [-0.39, 0.29) is 23.7 Å². The molecule has 2 unspecified atom stereocenters. The second-order valence-electron chi connectivity index (χ2n) is 7.04. The molecule has 2 N–H and O–H groups in total. The first-order chi connectivity index (χ1) is 12.0. The van der Waals surface area contributed by atoms with E-state index in [9.17, 15) is 9.18 Å². The highest BCUT2D eigenvalue weighted by molar-refractivity contribution is 5.95. The van der Waals surface area contributed by atoms with E-state index in [4.69, 9.17) is 0 Å². The first-order valence-electron chi connectivity index (χ1n) is 8.82. The van der Waals surface area contributed by atoms with Crippen molar-refractivity contribution < 1.29 is 9.18 Å². The lowest BCUT2D eigenvalue weighted by Crippen LogP contribution is -2.48. The quantitative estimate of drug-likeness (QED) is 0.897. The van der Waals surface area contributed by atoms with Crippen LogP contribution in [-0.4, -0.2) is 34.8 Å². The van der Waals surface area contributed by atoms with Gasteiger partial charge in [-0.3, -0.25) is 4.79 Å². The number of hydrogen-bond donors (Lipinski definition) is 2. The lowest BCUT2D eigenvalue weighted by molar-refractivity contribution is 0.0913. The van der Waals surface area contributed by atoms with Gasteiger partial charge in [-0.2, -0.15) is 5.10 Å². The van der Waals surface area contributed by atoms with Gasteiger partial charge in [0.1, 0.15) is 5.82 Å². The third kappa shape index (κ3) is 3.74. The van der Waals surface area contributed by atoms with Crippen molar-refractivity contribution in [3.8, 4) is 5.69 Å². The molecule has 3 rings (SSSR count). The SMILES string of the molecule is CC(C)c1c(C(=O)NC2CCNCC2C)cnn1-c1ccc(F)cc1. The van der Waals surface area contributed by atoms with Gasteiger partial charge >= 0.3 is 0 Å². The minimum absolute atomic E-state index is 0.0872. The summed E-state index contributed by atoms with van der Waals surface area (Å²) in [5, 5.41) is 10.9. The minimum atomic E-state index is -0.292. The zero-order chi connectivity index (χ0) is 18.0. The molecule has 0 saturated carbocycles. The van der Waals surface area contributed by atoms with Crippen molar-refractivity contribution in [1.29, 1.82) is 0 Å². The standard InChI is InChI=1S/C19H25FN4O/c1-12(2)18-16(19(25)23-17-8-9-21-10-13(17)3)11-22-24(18)15-6-4-14(20)5-7-15/h4-7,11-13,17,21H,8-10H2,1-3H3,(H,23,25). The molecule has 2 heterocycles. The molecular formula is C19H25FN4O. The first kappa shape index (κ1) is 17.6. The van der Waals surface area contributed by atoms with Crippen LogP contribution in [0.2, 0.25) is 0 Å². The maximum absolute atomic E-state index is 13.2. The number of rotatable bonds is 4. The van der Waals surface area contributed by atoms with Crippen LogP contribution in [0.5, 0.6) is 0 Å². The second-order valence-corrected chi connectivity index (χ2v) is 7.04. The summed E-state index contributed by atoms with van der Waals surface area (Å²) in [6.45, 7) is 8.03. The number of benzene rings is 1. The molecule has 1 aliphatic heterocycles. The van der Waals surface area contributed by atoms with Crippen LogP contribution in [0.15, 0.2) is 30.5 Å². The van der Waals surface area contributed by atoms with Crippen molar-refractivity contribution in [2.75, 3.05) is 13.1 Å². The molecule has 0 aliphatic carbocycles. The van der Waals surface area contributed by atoms with E-state index < -0.39 is 0 Å². The molecule has 1 fully saturated rings. The molecule has 0 spiro atoms. The van der Waals surface area contributed by atoms with Gasteiger partial charge in [-0.25, -0.2) is 9.07 Å². The predicted molar refractivity (Wildman–Crippen MR) is 95.5 cm³/mol. The summed E-state index contributed by atoms with van der Waals surface area (Å²) in [6.07, 6.45) is 2.54. The number of nitrogens with zero attached hydrogens (tertiary/aromatic N) is 2. The van der Waals surface area contributed by atoms with E-state index in [1.165, 1.54) is 12.1 Å². The number of carbonyl (C=O) groups excluding carboxylic acids is 1. The number of nitrogens with one attached hydrogen (secondary N) is 2. The summed E-state index contributed by atoms with van der Waals surface area (Å²) < 4.78 is 14.9. The molecule has 1 aromatic heterocycles. The molecule has 1 aliphatic rings. The van der Waals surface area contributed by atoms with Crippen LogP contribution < -0.4 is 10.6 Å². The molecule has 1 aromatic carbocycles. The highest BCUT2D eigenvalue weighted by Gasteiger charge is 2.26. The van der Waals surface area contributed by atoms with Crippen molar-refractivity contribution in [2.45, 2.75) is 39.2 Å². The zero-order valence-electron chi connectivity index (χ0n) is 14.9. The second kappa shape index (κ2) is 7.35. The van der Waals surface area contributed by atoms with Crippen molar-refractivity contribution in [2.24, 2.45) is 5.92 Å². The Morgan fingerprint density at radius 2 is 2.08 bits per heavy atom. The Bertz CT molecular complexity index is 738. The van der Waals surface area contributed by atoms with Gasteiger partial charge in [0, 0.05) is 6.04 Å².